The number of benzene rings is 2. The molecule has 0 aliphatic carbocycles. The molecule has 0 aromatic heterocycles. The van der Waals surface area contributed by atoms with Gasteiger partial charge in [0.1, 0.15) is 6.04 Å². The van der Waals surface area contributed by atoms with Gasteiger partial charge in [0.05, 0.1) is 0 Å². The van der Waals surface area contributed by atoms with Crippen molar-refractivity contribution in [3.8, 4) is 0 Å². The lowest BCUT2D eigenvalue weighted by Gasteiger charge is -2.21. The van der Waals surface area contributed by atoms with E-state index in [1.54, 1.807) is 48.5 Å². The fourth-order valence-electron chi connectivity index (χ4n) is 4.54. The normalized spacial score (nSPS) is 14.5. The summed E-state index contributed by atoms with van der Waals surface area (Å²) in [5, 5.41) is 13.2. The minimum atomic E-state index is -0.769. The largest absolute Gasteiger partial charge is 0.352 e. The SMILES string of the molecule is CCNC(=O)c1cccc(NC(=O)CCCCCCCCC(=O)Nc2cccc(C(=O)NC3CCC(=O)NC3=O)c2)c1. The molecule has 11 heteroatoms. The van der Waals surface area contributed by atoms with Gasteiger partial charge in [-0.15, -0.1) is 0 Å². The van der Waals surface area contributed by atoms with Gasteiger partial charge in [0, 0.05) is 48.3 Å². The van der Waals surface area contributed by atoms with Crippen molar-refractivity contribution in [2.24, 2.45) is 0 Å². The van der Waals surface area contributed by atoms with Gasteiger partial charge in [-0.2, -0.15) is 0 Å². The highest BCUT2D eigenvalue weighted by molar-refractivity contribution is 6.04. The van der Waals surface area contributed by atoms with Crippen molar-refractivity contribution in [2.45, 2.75) is 77.2 Å². The molecule has 3 rings (SSSR count). The van der Waals surface area contributed by atoms with Crippen molar-refractivity contribution < 1.29 is 28.8 Å². The van der Waals surface area contributed by atoms with E-state index < -0.39 is 17.9 Å². The van der Waals surface area contributed by atoms with E-state index in [2.05, 4.69) is 26.6 Å². The van der Waals surface area contributed by atoms with Crippen LogP contribution in [0.4, 0.5) is 11.4 Å². The maximum Gasteiger partial charge on any atom is 0.252 e. The molecule has 1 fully saturated rings. The number of unbranched alkanes of at least 4 members (excludes halogenated alkanes) is 5. The van der Waals surface area contributed by atoms with Crippen LogP contribution in [0.1, 0.15) is 91.8 Å². The number of carbonyl (C=O) groups is 6. The molecule has 1 unspecified atom stereocenters. The second kappa shape index (κ2) is 16.7. The average molecular weight is 578 g/mol. The third kappa shape index (κ3) is 10.8. The summed E-state index contributed by atoms with van der Waals surface area (Å²) in [5.74, 6) is -1.74. The second-order valence-corrected chi connectivity index (χ2v) is 10.2. The highest BCUT2D eigenvalue weighted by atomic mass is 16.2. The van der Waals surface area contributed by atoms with Crippen LogP contribution in [0.3, 0.4) is 0 Å². The average Bonchev–Trinajstić information content (AvgIpc) is 2.96. The van der Waals surface area contributed by atoms with E-state index in [-0.39, 0.29) is 36.5 Å². The number of anilines is 2. The molecule has 0 radical (unpaired) electrons. The number of hydrogen-bond acceptors (Lipinski definition) is 6. The van der Waals surface area contributed by atoms with Crippen molar-refractivity contribution in [1.29, 1.82) is 0 Å². The number of imide groups is 1. The Hall–Kier alpha value is -4.54. The molecule has 5 N–H and O–H groups in total. The Morgan fingerprint density at radius 1 is 0.762 bits per heavy atom. The first-order valence-corrected chi connectivity index (χ1v) is 14.5. The van der Waals surface area contributed by atoms with Crippen molar-refractivity contribution >= 4 is 46.8 Å². The molecule has 6 amide bonds. The molecule has 2 aromatic rings. The van der Waals surface area contributed by atoms with Crippen LogP contribution in [0.15, 0.2) is 48.5 Å². The van der Waals surface area contributed by atoms with Crippen molar-refractivity contribution in [2.75, 3.05) is 17.2 Å². The van der Waals surface area contributed by atoms with Crippen molar-refractivity contribution in [3.05, 3.63) is 59.7 Å². The van der Waals surface area contributed by atoms with Crippen LogP contribution in [-0.4, -0.2) is 48.0 Å². The topological polar surface area (TPSA) is 163 Å². The molecule has 11 nitrogen and oxygen atoms in total. The van der Waals surface area contributed by atoms with Gasteiger partial charge in [0.15, 0.2) is 0 Å². The maximum absolute atomic E-state index is 12.5. The summed E-state index contributed by atoms with van der Waals surface area (Å²) < 4.78 is 0. The molecule has 1 heterocycles. The first kappa shape index (κ1) is 32.0. The van der Waals surface area contributed by atoms with Crippen LogP contribution >= 0.6 is 0 Å². The molecule has 42 heavy (non-hydrogen) atoms. The fraction of sp³-hybridized carbons (Fsp3) is 0.419. The van der Waals surface area contributed by atoms with E-state index in [0.717, 1.165) is 38.5 Å². The quantitative estimate of drug-likeness (QED) is 0.160. The zero-order valence-corrected chi connectivity index (χ0v) is 23.9. The van der Waals surface area contributed by atoms with Crippen LogP contribution in [0.25, 0.3) is 0 Å². The molecule has 1 atom stereocenters. The molecule has 1 aliphatic rings. The van der Waals surface area contributed by atoms with E-state index in [0.29, 0.717) is 41.9 Å². The third-order valence-electron chi connectivity index (χ3n) is 6.76. The van der Waals surface area contributed by atoms with E-state index >= 15 is 0 Å². The monoisotopic (exact) mass is 577 g/mol. The molecular formula is C31H39N5O6. The lowest BCUT2D eigenvalue weighted by atomic mass is 10.1. The van der Waals surface area contributed by atoms with Crippen LogP contribution in [0, 0.1) is 0 Å². The number of carbonyl (C=O) groups excluding carboxylic acids is 6. The molecule has 2 aromatic carbocycles. The van der Waals surface area contributed by atoms with E-state index in [1.807, 2.05) is 6.92 Å². The Morgan fingerprint density at radius 3 is 1.81 bits per heavy atom. The minimum Gasteiger partial charge on any atom is -0.352 e. The number of amides is 6. The smallest absolute Gasteiger partial charge is 0.252 e. The van der Waals surface area contributed by atoms with Crippen LogP contribution in [0.5, 0.6) is 0 Å². The van der Waals surface area contributed by atoms with Gasteiger partial charge in [-0.05, 0) is 62.6 Å². The predicted octanol–water partition coefficient (Wildman–Crippen LogP) is 3.67. The Morgan fingerprint density at radius 2 is 1.29 bits per heavy atom. The molecule has 0 saturated carbocycles. The molecule has 1 aliphatic heterocycles. The summed E-state index contributed by atoms with van der Waals surface area (Å²) in [6, 6.07) is 12.6. The third-order valence-corrected chi connectivity index (χ3v) is 6.76. The Bertz CT molecular complexity index is 1290. The van der Waals surface area contributed by atoms with Gasteiger partial charge < -0.3 is 21.3 Å². The van der Waals surface area contributed by atoms with Crippen LogP contribution in [0.2, 0.25) is 0 Å². The number of rotatable bonds is 15. The maximum atomic E-state index is 12.5. The lowest BCUT2D eigenvalue weighted by molar-refractivity contribution is -0.134. The highest BCUT2D eigenvalue weighted by Crippen LogP contribution is 2.15. The highest BCUT2D eigenvalue weighted by Gasteiger charge is 2.28. The lowest BCUT2D eigenvalue weighted by Crippen LogP contribution is -2.52. The van der Waals surface area contributed by atoms with Gasteiger partial charge in [0.25, 0.3) is 11.8 Å². The first-order chi connectivity index (χ1) is 20.2. The van der Waals surface area contributed by atoms with Crippen molar-refractivity contribution in [1.82, 2.24) is 16.0 Å². The Balaban J connectivity index is 1.26. The number of piperidine rings is 1. The van der Waals surface area contributed by atoms with E-state index in [4.69, 9.17) is 0 Å². The molecule has 1 saturated heterocycles. The van der Waals surface area contributed by atoms with Crippen LogP contribution in [-0.2, 0) is 19.2 Å². The predicted molar refractivity (Wildman–Crippen MR) is 159 cm³/mol. The summed E-state index contributed by atoms with van der Waals surface area (Å²) >= 11 is 0. The van der Waals surface area contributed by atoms with Gasteiger partial charge in [-0.25, -0.2) is 0 Å². The van der Waals surface area contributed by atoms with Gasteiger partial charge in [0.2, 0.25) is 23.6 Å². The van der Waals surface area contributed by atoms with Gasteiger partial charge in [-0.1, -0.05) is 37.8 Å². The second-order valence-electron chi connectivity index (χ2n) is 10.2. The first-order valence-electron chi connectivity index (χ1n) is 14.5. The van der Waals surface area contributed by atoms with Crippen LogP contribution < -0.4 is 26.6 Å². The van der Waals surface area contributed by atoms with Gasteiger partial charge >= 0.3 is 0 Å². The Kier molecular flexibility index (Phi) is 12.7. The minimum absolute atomic E-state index is 0.0859. The van der Waals surface area contributed by atoms with E-state index in [9.17, 15) is 28.8 Å². The zero-order chi connectivity index (χ0) is 30.3. The molecule has 224 valence electrons. The van der Waals surface area contributed by atoms with E-state index in [1.165, 1.54) is 0 Å². The molecular weight excluding hydrogens is 538 g/mol. The number of nitrogens with one attached hydrogen (secondary N) is 5. The molecule has 0 spiro atoms. The fourth-order valence-corrected chi connectivity index (χ4v) is 4.54. The summed E-state index contributed by atoms with van der Waals surface area (Å²) in [4.78, 5) is 72.3. The summed E-state index contributed by atoms with van der Waals surface area (Å²) in [6.45, 7) is 2.39. The van der Waals surface area contributed by atoms with Gasteiger partial charge in [-0.3, -0.25) is 34.1 Å². The number of hydrogen-bond donors (Lipinski definition) is 5. The summed E-state index contributed by atoms with van der Waals surface area (Å²) in [5.41, 5.74) is 1.90. The summed E-state index contributed by atoms with van der Waals surface area (Å²) in [7, 11) is 0. The molecule has 0 bridgehead atoms. The standard InChI is InChI=1S/C31H39N5O6/c1-2-32-29(40)21-11-9-13-23(19-21)33-26(37)15-7-5-3-4-6-8-16-27(38)34-24-14-10-12-22(20-24)30(41)35-25-17-18-28(39)36-31(25)42/h9-14,19-20,25H,2-8,15-18H2,1H3,(H,32,40)(H,33,37)(H,34,38)(H,35,41)(H,36,39,42). The zero-order valence-electron chi connectivity index (χ0n) is 23.9. The Labute approximate surface area is 245 Å². The summed E-state index contributed by atoms with van der Waals surface area (Å²) in [6.07, 6.45) is 6.38. The van der Waals surface area contributed by atoms with Crippen molar-refractivity contribution in [3.63, 3.8) is 0 Å².